The molecule has 0 bridgehead atoms. The van der Waals surface area contributed by atoms with Crippen molar-refractivity contribution in [3.63, 3.8) is 0 Å². The summed E-state index contributed by atoms with van der Waals surface area (Å²) >= 11 is 1.73. The summed E-state index contributed by atoms with van der Waals surface area (Å²) in [6, 6.07) is 0. The lowest BCUT2D eigenvalue weighted by Gasteiger charge is -2.35. The number of aryl methyl sites for hydroxylation is 1. The fraction of sp³-hybridized carbons (Fsp3) is 0.765. The highest BCUT2D eigenvalue weighted by Crippen LogP contribution is 2.29. The van der Waals surface area contributed by atoms with Crippen molar-refractivity contribution in [3.05, 3.63) is 16.1 Å². The monoisotopic (exact) mass is 321 g/mol. The number of hydrogen-bond acceptors (Lipinski definition) is 4. The highest BCUT2D eigenvalue weighted by molar-refractivity contribution is 7.09. The third-order valence-corrected chi connectivity index (χ3v) is 5.94. The molecule has 0 aromatic carbocycles. The van der Waals surface area contributed by atoms with E-state index in [9.17, 15) is 4.79 Å². The van der Waals surface area contributed by atoms with Crippen LogP contribution >= 0.6 is 11.3 Å². The van der Waals surface area contributed by atoms with Gasteiger partial charge in [0.15, 0.2) is 0 Å². The lowest BCUT2D eigenvalue weighted by atomic mass is 9.84. The standard InChI is InChI=1S/C17H27N3OS/c1-13-18-16(12-22-13)11-20-8-6-14(7-9-20)10-19(2)17(21)15-4-3-5-15/h12,14-15H,3-11H2,1-2H3. The van der Waals surface area contributed by atoms with E-state index in [0.29, 0.717) is 17.7 Å². The van der Waals surface area contributed by atoms with Crippen LogP contribution in [0.25, 0.3) is 0 Å². The first kappa shape index (κ1) is 15.9. The first-order chi connectivity index (χ1) is 10.6. The third-order valence-electron chi connectivity index (χ3n) is 5.12. The summed E-state index contributed by atoms with van der Waals surface area (Å²) in [6.45, 7) is 6.25. The number of amides is 1. The second-order valence-electron chi connectivity index (χ2n) is 6.92. The Morgan fingerprint density at radius 3 is 2.64 bits per heavy atom. The zero-order valence-electron chi connectivity index (χ0n) is 13.8. The van der Waals surface area contributed by atoms with Gasteiger partial charge in [0.2, 0.25) is 5.91 Å². The van der Waals surface area contributed by atoms with Crippen LogP contribution in [0.3, 0.4) is 0 Å². The van der Waals surface area contributed by atoms with E-state index in [-0.39, 0.29) is 0 Å². The molecule has 2 aliphatic rings. The van der Waals surface area contributed by atoms with Gasteiger partial charge in [-0.2, -0.15) is 0 Å². The Morgan fingerprint density at radius 1 is 1.36 bits per heavy atom. The van der Waals surface area contributed by atoms with Crippen molar-refractivity contribution in [1.82, 2.24) is 14.8 Å². The maximum Gasteiger partial charge on any atom is 0.225 e. The minimum atomic E-state index is 0.331. The number of carbonyl (C=O) groups is 1. The Hall–Kier alpha value is -0.940. The van der Waals surface area contributed by atoms with Crippen molar-refractivity contribution in [2.24, 2.45) is 11.8 Å². The van der Waals surface area contributed by atoms with Crippen LogP contribution in [-0.4, -0.2) is 47.4 Å². The van der Waals surface area contributed by atoms with Crippen molar-refractivity contribution in [2.45, 2.75) is 45.6 Å². The number of piperidine rings is 1. The van der Waals surface area contributed by atoms with Crippen LogP contribution in [0.1, 0.15) is 42.8 Å². The molecule has 1 saturated heterocycles. The second kappa shape index (κ2) is 7.09. The Kier molecular flexibility index (Phi) is 5.14. The minimum Gasteiger partial charge on any atom is -0.345 e. The molecular weight excluding hydrogens is 294 g/mol. The largest absolute Gasteiger partial charge is 0.345 e. The molecule has 1 aromatic rings. The van der Waals surface area contributed by atoms with E-state index in [0.717, 1.165) is 44.0 Å². The zero-order valence-corrected chi connectivity index (χ0v) is 14.6. The molecule has 22 heavy (non-hydrogen) atoms. The Morgan fingerprint density at radius 2 is 2.09 bits per heavy atom. The molecule has 3 rings (SSSR count). The van der Waals surface area contributed by atoms with Gasteiger partial charge in [-0.05, 0) is 51.6 Å². The average molecular weight is 321 g/mol. The minimum absolute atomic E-state index is 0.331. The summed E-state index contributed by atoms with van der Waals surface area (Å²) in [5.74, 6) is 1.38. The Labute approximate surface area is 137 Å². The smallest absolute Gasteiger partial charge is 0.225 e. The van der Waals surface area contributed by atoms with Gasteiger partial charge in [0.1, 0.15) is 0 Å². The van der Waals surface area contributed by atoms with Gasteiger partial charge in [0, 0.05) is 31.4 Å². The van der Waals surface area contributed by atoms with Crippen molar-refractivity contribution < 1.29 is 4.79 Å². The fourth-order valence-corrected chi connectivity index (χ4v) is 4.09. The SMILES string of the molecule is Cc1nc(CN2CCC(CN(C)C(=O)C3CCC3)CC2)cs1. The van der Waals surface area contributed by atoms with Gasteiger partial charge in [0.25, 0.3) is 0 Å². The number of carbonyl (C=O) groups excluding carboxylic acids is 1. The lowest BCUT2D eigenvalue weighted by molar-refractivity contribution is -0.137. The molecule has 4 nitrogen and oxygen atoms in total. The van der Waals surface area contributed by atoms with Gasteiger partial charge in [-0.1, -0.05) is 6.42 Å². The van der Waals surface area contributed by atoms with Crippen molar-refractivity contribution in [1.29, 1.82) is 0 Å². The van der Waals surface area contributed by atoms with Crippen LogP contribution in [0.2, 0.25) is 0 Å². The number of rotatable bonds is 5. The van der Waals surface area contributed by atoms with Gasteiger partial charge < -0.3 is 4.90 Å². The number of hydrogen-bond donors (Lipinski definition) is 0. The lowest BCUT2D eigenvalue weighted by Crippen LogP contribution is -2.42. The summed E-state index contributed by atoms with van der Waals surface area (Å²) in [6.07, 6.45) is 5.85. The molecule has 1 aliphatic carbocycles. The normalized spacial score (nSPS) is 20.8. The van der Waals surface area contributed by atoms with Crippen LogP contribution in [0, 0.1) is 18.8 Å². The van der Waals surface area contributed by atoms with Gasteiger partial charge in [0.05, 0.1) is 10.7 Å². The maximum atomic E-state index is 12.2. The fourth-order valence-electron chi connectivity index (χ4n) is 3.48. The van der Waals surface area contributed by atoms with E-state index < -0.39 is 0 Å². The Bertz CT molecular complexity index is 504. The van der Waals surface area contributed by atoms with Gasteiger partial charge in [-0.25, -0.2) is 4.98 Å². The molecule has 2 heterocycles. The number of nitrogens with zero attached hydrogens (tertiary/aromatic N) is 3. The van der Waals surface area contributed by atoms with Gasteiger partial charge in [-0.3, -0.25) is 9.69 Å². The van der Waals surface area contributed by atoms with Crippen molar-refractivity contribution in [3.8, 4) is 0 Å². The van der Waals surface area contributed by atoms with Crippen LogP contribution < -0.4 is 0 Å². The summed E-state index contributed by atoms with van der Waals surface area (Å²) in [5, 5.41) is 3.33. The quantitative estimate of drug-likeness (QED) is 0.836. The number of aromatic nitrogens is 1. The van der Waals surface area contributed by atoms with Gasteiger partial charge in [-0.15, -0.1) is 11.3 Å². The van der Waals surface area contributed by atoms with Crippen LogP contribution in [-0.2, 0) is 11.3 Å². The van der Waals surface area contributed by atoms with E-state index in [1.165, 1.54) is 25.0 Å². The summed E-state index contributed by atoms with van der Waals surface area (Å²) in [5.41, 5.74) is 1.21. The summed E-state index contributed by atoms with van der Waals surface area (Å²) in [7, 11) is 1.99. The first-order valence-corrected chi connectivity index (χ1v) is 9.38. The number of thiazole rings is 1. The molecule has 0 unspecified atom stereocenters. The highest BCUT2D eigenvalue weighted by Gasteiger charge is 2.29. The van der Waals surface area contributed by atoms with Crippen molar-refractivity contribution >= 4 is 17.2 Å². The summed E-state index contributed by atoms with van der Waals surface area (Å²) in [4.78, 5) is 21.3. The summed E-state index contributed by atoms with van der Waals surface area (Å²) < 4.78 is 0. The molecule has 0 radical (unpaired) electrons. The average Bonchev–Trinajstić information content (AvgIpc) is 2.84. The van der Waals surface area contributed by atoms with Gasteiger partial charge >= 0.3 is 0 Å². The molecule has 1 amide bonds. The van der Waals surface area contributed by atoms with E-state index in [1.807, 2.05) is 11.9 Å². The van der Waals surface area contributed by atoms with Crippen LogP contribution in [0.4, 0.5) is 0 Å². The molecule has 0 N–H and O–H groups in total. The zero-order chi connectivity index (χ0) is 15.5. The van der Waals surface area contributed by atoms with E-state index in [4.69, 9.17) is 0 Å². The van der Waals surface area contributed by atoms with E-state index in [2.05, 4.69) is 22.2 Å². The number of likely N-dealkylation sites (tertiary alicyclic amines) is 1. The molecule has 1 aromatic heterocycles. The predicted octanol–water partition coefficient (Wildman–Crippen LogP) is 2.92. The Balaban J connectivity index is 1.40. The molecule has 1 saturated carbocycles. The topological polar surface area (TPSA) is 36.4 Å². The van der Waals surface area contributed by atoms with Crippen LogP contribution in [0.5, 0.6) is 0 Å². The maximum absolute atomic E-state index is 12.2. The molecular formula is C17H27N3OS. The first-order valence-electron chi connectivity index (χ1n) is 8.50. The third kappa shape index (κ3) is 3.87. The van der Waals surface area contributed by atoms with Crippen molar-refractivity contribution in [2.75, 3.05) is 26.7 Å². The molecule has 2 fully saturated rings. The second-order valence-corrected chi connectivity index (χ2v) is 7.99. The van der Waals surface area contributed by atoms with E-state index in [1.54, 1.807) is 11.3 Å². The molecule has 0 atom stereocenters. The highest BCUT2D eigenvalue weighted by atomic mass is 32.1. The molecule has 1 aliphatic heterocycles. The molecule has 0 spiro atoms. The van der Waals surface area contributed by atoms with Crippen LogP contribution in [0.15, 0.2) is 5.38 Å². The molecule has 5 heteroatoms. The van der Waals surface area contributed by atoms with E-state index >= 15 is 0 Å². The molecule has 122 valence electrons. The predicted molar refractivity (Wildman–Crippen MR) is 89.8 cm³/mol.